The third-order valence-electron chi connectivity index (χ3n) is 3.59. The molecule has 0 aromatic heterocycles. The molecule has 0 fully saturated rings. The van der Waals surface area contributed by atoms with E-state index in [2.05, 4.69) is 0 Å². The van der Waals surface area contributed by atoms with Gasteiger partial charge in [-0.05, 0) is 61.7 Å². The summed E-state index contributed by atoms with van der Waals surface area (Å²) in [7, 11) is 0. The fraction of sp³-hybridized carbons (Fsp3) is 0.278. The molecule has 0 saturated carbocycles. The molecule has 3 nitrogen and oxygen atoms in total. The van der Waals surface area contributed by atoms with Crippen LogP contribution in [0.15, 0.2) is 42.5 Å². The quantitative estimate of drug-likeness (QED) is 0.873. The Morgan fingerprint density at radius 1 is 1.04 bits per heavy atom. The van der Waals surface area contributed by atoms with Crippen LogP contribution in [0.4, 0.5) is 13.6 Å². The molecule has 0 heterocycles. The van der Waals surface area contributed by atoms with E-state index in [-0.39, 0.29) is 12.4 Å². The van der Waals surface area contributed by atoms with E-state index >= 15 is 0 Å². The van der Waals surface area contributed by atoms with Crippen LogP contribution in [0.2, 0.25) is 0 Å². The number of amides is 1. The Labute approximate surface area is 134 Å². The van der Waals surface area contributed by atoms with Crippen LogP contribution < -0.4 is 0 Å². The van der Waals surface area contributed by atoms with E-state index in [4.69, 9.17) is 0 Å². The van der Waals surface area contributed by atoms with Gasteiger partial charge in [-0.2, -0.15) is 0 Å². The summed E-state index contributed by atoms with van der Waals surface area (Å²) >= 11 is 0. The highest BCUT2D eigenvalue weighted by Gasteiger charge is 2.27. The maximum absolute atomic E-state index is 13.6. The van der Waals surface area contributed by atoms with E-state index in [9.17, 15) is 18.7 Å². The van der Waals surface area contributed by atoms with Crippen LogP contribution in [-0.4, -0.2) is 21.6 Å². The van der Waals surface area contributed by atoms with Crippen molar-refractivity contribution >= 4 is 6.09 Å². The van der Waals surface area contributed by atoms with E-state index in [0.29, 0.717) is 16.7 Å². The summed E-state index contributed by atoms with van der Waals surface area (Å²) in [5.41, 5.74) is 1.30. The van der Waals surface area contributed by atoms with Gasteiger partial charge in [0.25, 0.3) is 0 Å². The molecule has 0 aliphatic rings. The molecular formula is C18H19F2NO2. The van der Waals surface area contributed by atoms with Crippen LogP contribution in [0.1, 0.15) is 26.3 Å². The van der Waals surface area contributed by atoms with E-state index in [1.165, 1.54) is 29.2 Å². The molecule has 0 saturated heterocycles. The standard InChI is InChI=1S/C18H19F2NO2/c1-18(2,3)21(17(22)23)11-13-10-15(20)8-9-16(13)12-4-6-14(19)7-5-12/h4-10H,11H2,1-3H3,(H,22,23). The monoisotopic (exact) mass is 319 g/mol. The summed E-state index contributed by atoms with van der Waals surface area (Å²) in [5.74, 6) is -0.802. The van der Waals surface area contributed by atoms with Crippen molar-refractivity contribution in [1.82, 2.24) is 4.90 Å². The number of carboxylic acid groups (broad SMARTS) is 1. The SMILES string of the molecule is CC(C)(C)N(Cc1cc(F)ccc1-c1ccc(F)cc1)C(=O)O. The summed E-state index contributed by atoms with van der Waals surface area (Å²) in [6, 6.07) is 10.0. The summed E-state index contributed by atoms with van der Waals surface area (Å²) in [5, 5.41) is 9.42. The molecule has 5 heteroatoms. The highest BCUT2D eigenvalue weighted by molar-refractivity contribution is 5.70. The van der Waals surface area contributed by atoms with Gasteiger partial charge in [-0.1, -0.05) is 18.2 Å². The first-order valence-corrected chi connectivity index (χ1v) is 7.23. The van der Waals surface area contributed by atoms with E-state index in [1.807, 2.05) is 0 Å². The Kier molecular flexibility index (Phi) is 4.68. The fourth-order valence-corrected chi connectivity index (χ4v) is 2.37. The fourth-order valence-electron chi connectivity index (χ4n) is 2.37. The van der Waals surface area contributed by atoms with Crippen molar-refractivity contribution in [3.8, 4) is 11.1 Å². The Bertz CT molecular complexity index is 706. The average molecular weight is 319 g/mol. The van der Waals surface area contributed by atoms with Crippen LogP contribution >= 0.6 is 0 Å². The van der Waals surface area contributed by atoms with E-state index in [1.54, 1.807) is 39.0 Å². The van der Waals surface area contributed by atoms with Gasteiger partial charge in [-0.3, -0.25) is 4.90 Å². The van der Waals surface area contributed by atoms with Crippen LogP contribution in [0.5, 0.6) is 0 Å². The molecule has 0 unspecified atom stereocenters. The summed E-state index contributed by atoms with van der Waals surface area (Å²) < 4.78 is 26.7. The van der Waals surface area contributed by atoms with Gasteiger partial charge in [0.05, 0.1) is 6.54 Å². The van der Waals surface area contributed by atoms with Crippen molar-refractivity contribution in [3.63, 3.8) is 0 Å². The van der Waals surface area contributed by atoms with Gasteiger partial charge in [-0.25, -0.2) is 13.6 Å². The number of halogens is 2. The maximum Gasteiger partial charge on any atom is 0.408 e. The van der Waals surface area contributed by atoms with Crippen molar-refractivity contribution in [2.24, 2.45) is 0 Å². The molecule has 2 rings (SSSR count). The van der Waals surface area contributed by atoms with Gasteiger partial charge in [0.1, 0.15) is 11.6 Å². The molecule has 122 valence electrons. The molecule has 0 aliphatic carbocycles. The first-order chi connectivity index (χ1) is 10.7. The van der Waals surface area contributed by atoms with Crippen LogP contribution in [0.25, 0.3) is 11.1 Å². The Morgan fingerprint density at radius 2 is 1.61 bits per heavy atom. The maximum atomic E-state index is 13.6. The largest absolute Gasteiger partial charge is 0.465 e. The third kappa shape index (κ3) is 4.06. The zero-order chi connectivity index (χ0) is 17.2. The molecule has 0 bridgehead atoms. The Morgan fingerprint density at radius 3 is 2.13 bits per heavy atom. The van der Waals surface area contributed by atoms with Crippen LogP contribution in [0, 0.1) is 11.6 Å². The predicted molar refractivity (Wildman–Crippen MR) is 85.1 cm³/mol. The molecule has 0 aliphatic heterocycles. The van der Waals surface area contributed by atoms with E-state index in [0.717, 1.165) is 0 Å². The third-order valence-corrected chi connectivity index (χ3v) is 3.59. The highest BCUT2D eigenvalue weighted by Crippen LogP contribution is 2.28. The second kappa shape index (κ2) is 6.36. The number of benzene rings is 2. The minimum Gasteiger partial charge on any atom is -0.465 e. The number of hydrogen-bond donors (Lipinski definition) is 1. The second-order valence-corrected chi connectivity index (χ2v) is 6.35. The summed E-state index contributed by atoms with van der Waals surface area (Å²) in [6.07, 6.45) is -1.08. The molecule has 1 N–H and O–H groups in total. The minimum atomic E-state index is -1.08. The number of hydrogen-bond acceptors (Lipinski definition) is 1. The van der Waals surface area contributed by atoms with Crippen molar-refractivity contribution < 1.29 is 18.7 Å². The predicted octanol–water partition coefficient (Wildman–Crippen LogP) is 4.91. The lowest BCUT2D eigenvalue weighted by Crippen LogP contribution is -2.44. The van der Waals surface area contributed by atoms with Crippen molar-refractivity contribution in [2.45, 2.75) is 32.9 Å². The molecular weight excluding hydrogens is 300 g/mol. The first kappa shape index (κ1) is 16.9. The second-order valence-electron chi connectivity index (χ2n) is 6.35. The molecule has 2 aromatic carbocycles. The molecule has 1 amide bonds. The smallest absolute Gasteiger partial charge is 0.408 e. The van der Waals surface area contributed by atoms with Gasteiger partial charge in [0, 0.05) is 5.54 Å². The zero-order valence-electron chi connectivity index (χ0n) is 13.3. The van der Waals surface area contributed by atoms with Gasteiger partial charge < -0.3 is 5.11 Å². The van der Waals surface area contributed by atoms with Gasteiger partial charge in [0.2, 0.25) is 0 Å². The normalized spacial score (nSPS) is 11.3. The van der Waals surface area contributed by atoms with E-state index < -0.39 is 17.4 Å². The first-order valence-electron chi connectivity index (χ1n) is 7.23. The van der Waals surface area contributed by atoms with Crippen LogP contribution in [0.3, 0.4) is 0 Å². The lowest BCUT2D eigenvalue weighted by Gasteiger charge is -2.33. The van der Waals surface area contributed by atoms with Gasteiger partial charge in [0.15, 0.2) is 0 Å². The highest BCUT2D eigenvalue weighted by atomic mass is 19.1. The molecule has 0 atom stereocenters. The molecule has 2 aromatic rings. The lowest BCUT2D eigenvalue weighted by molar-refractivity contribution is 0.0956. The number of rotatable bonds is 3. The zero-order valence-corrected chi connectivity index (χ0v) is 13.3. The van der Waals surface area contributed by atoms with Crippen molar-refractivity contribution in [1.29, 1.82) is 0 Å². The minimum absolute atomic E-state index is 0.0449. The van der Waals surface area contributed by atoms with Crippen LogP contribution in [-0.2, 0) is 6.54 Å². The van der Waals surface area contributed by atoms with Crippen molar-refractivity contribution in [3.05, 3.63) is 59.7 Å². The Balaban J connectivity index is 2.47. The van der Waals surface area contributed by atoms with Gasteiger partial charge in [-0.15, -0.1) is 0 Å². The van der Waals surface area contributed by atoms with Gasteiger partial charge >= 0.3 is 6.09 Å². The van der Waals surface area contributed by atoms with Crippen molar-refractivity contribution in [2.75, 3.05) is 0 Å². The summed E-state index contributed by atoms with van der Waals surface area (Å²) in [6.45, 7) is 5.37. The summed E-state index contributed by atoms with van der Waals surface area (Å²) in [4.78, 5) is 12.8. The number of carbonyl (C=O) groups is 1. The topological polar surface area (TPSA) is 40.5 Å². The Hall–Kier alpha value is -2.43. The number of nitrogens with zero attached hydrogens (tertiary/aromatic N) is 1. The lowest BCUT2D eigenvalue weighted by atomic mass is 9.97. The molecule has 0 spiro atoms. The molecule has 0 radical (unpaired) electrons. The average Bonchev–Trinajstić information content (AvgIpc) is 2.44. The molecule has 23 heavy (non-hydrogen) atoms.